The van der Waals surface area contributed by atoms with Gasteiger partial charge in [-0.25, -0.2) is 4.39 Å². The minimum absolute atomic E-state index is 0.186. The lowest BCUT2D eigenvalue weighted by Crippen LogP contribution is -2.13. The molecule has 2 aromatic carbocycles. The molecular weight excluding hydrogens is 321 g/mol. The molecule has 0 aliphatic heterocycles. The molecule has 0 radical (unpaired) electrons. The topological polar surface area (TPSA) is 21.3 Å². The van der Waals surface area contributed by atoms with Crippen LogP contribution in [0.2, 0.25) is 0 Å². The second kappa shape index (κ2) is 6.86. The van der Waals surface area contributed by atoms with Crippen molar-refractivity contribution in [1.29, 1.82) is 0 Å². The number of halogens is 2. The number of hydrogen-bond donors (Lipinski definition) is 1. The van der Waals surface area contributed by atoms with Crippen LogP contribution in [0, 0.1) is 5.82 Å². The molecule has 0 heterocycles. The van der Waals surface area contributed by atoms with Gasteiger partial charge in [0.05, 0.1) is 0 Å². The molecule has 2 nitrogen and oxygen atoms in total. The highest BCUT2D eigenvalue weighted by Crippen LogP contribution is 2.29. The van der Waals surface area contributed by atoms with Gasteiger partial charge >= 0.3 is 0 Å². The second-order valence-electron chi connectivity index (χ2n) is 4.61. The maximum atomic E-state index is 13.1. The maximum absolute atomic E-state index is 13.1. The highest BCUT2D eigenvalue weighted by molar-refractivity contribution is 9.10. The molecular formula is C16H17BrFNO. The van der Waals surface area contributed by atoms with E-state index < -0.39 is 0 Å². The Balaban J connectivity index is 2.18. The predicted octanol–water partition coefficient (Wildman–Crippen LogP) is 4.45. The first-order valence-corrected chi connectivity index (χ1v) is 7.23. The van der Waals surface area contributed by atoms with Crippen LogP contribution in [-0.2, 0) is 6.61 Å². The monoisotopic (exact) mass is 337 g/mol. The lowest BCUT2D eigenvalue weighted by molar-refractivity contribution is 0.299. The van der Waals surface area contributed by atoms with Crippen LogP contribution in [0.3, 0.4) is 0 Å². The van der Waals surface area contributed by atoms with E-state index >= 15 is 0 Å². The van der Waals surface area contributed by atoms with E-state index in [1.165, 1.54) is 12.1 Å². The molecule has 0 aromatic heterocycles. The van der Waals surface area contributed by atoms with E-state index in [1.807, 2.05) is 31.3 Å². The summed E-state index contributed by atoms with van der Waals surface area (Å²) in [6.45, 7) is 2.41. The van der Waals surface area contributed by atoms with Crippen molar-refractivity contribution in [2.24, 2.45) is 0 Å². The van der Waals surface area contributed by atoms with Gasteiger partial charge in [-0.1, -0.05) is 34.1 Å². The Labute approximate surface area is 127 Å². The van der Waals surface area contributed by atoms with Crippen molar-refractivity contribution >= 4 is 15.9 Å². The number of benzene rings is 2. The van der Waals surface area contributed by atoms with E-state index in [0.717, 1.165) is 21.3 Å². The van der Waals surface area contributed by atoms with Crippen LogP contribution in [0.15, 0.2) is 46.9 Å². The Hall–Kier alpha value is -1.39. The summed E-state index contributed by atoms with van der Waals surface area (Å²) in [7, 11) is 1.91. The zero-order valence-corrected chi connectivity index (χ0v) is 13.1. The summed E-state index contributed by atoms with van der Waals surface area (Å²) < 4.78 is 19.9. The average molecular weight is 338 g/mol. The van der Waals surface area contributed by atoms with E-state index in [0.29, 0.717) is 6.61 Å². The summed E-state index contributed by atoms with van der Waals surface area (Å²) in [5.41, 5.74) is 1.89. The second-order valence-corrected chi connectivity index (χ2v) is 5.53. The lowest BCUT2D eigenvalue weighted by atomic mass is 10.1. The van der Waals surface area contributed by atoms with Gasteiger partial charge in [0.1, 0.15) is 18.2 Å². The first-order chi connectivity index (χ1) is 9.60. The summed E-state index contributed by atoms with van der Waals surface area (Å²) in [5.74, 6) is 0.551. The Morgan fingerprint density at radius 1 is 1.25 bits per heavy atom. The molecule has 1 N–H and O–H groups in total. The van der Waals surface area contributed by atoms with Crippen molar-refractivity contribution in [2.75, 3.05) is 7.05 Å². The third kappa shape index (κ3) is 3.81. The van der Waals surface area contributed by atoms with Gasteiger partial charge in [0.2, 0.25) is 0 Å². The third-order valence-corrected chi connectivity index (χ3v) is 3.65. The number of hydrogen-bond acceptors (Lipinski definition) is 2. The average Bonchev–Trinajstić information content (AvgIpc) is 2.44. The fourth-order valence-electron chi connectivity index (χ4n) is 1.93. The van der Waals surface area contributed by atoms with Crippen LogP contribution in [0.1, 0.15) is 24.1 Å². The maximum Gasteiger partial charge on any atom is 0.125 e. The highest BCUT2D eigenvalue weighted by atomic mass is 79.9. The molecule has 0 fully saturated rings. The number of rotatable bonds is 5. The van der Waals surface area contributed by atoms with Crippen molar-refractivity contribution in [3.8, 4) is 5.75 Å². The zero-order chi connectivity index (χ0) is 14.5. The van der Waals surface area contributed by atoms with Crippen molar-refractivity contribution in [2.45, 2.75) is 19.6 Å². The van der Waals surface area contributed by atoms with E-state index in [-0.39, 0.29) is 11.9 Å². The van der Waals surface area contributed by atoms with Crippen LogP contribution in [0.4, 0.5) is 4.39 Å². The van der Waals surface area contributed by atoms with E-state index in [9.17, 15) is 4.39 Å². The summed E-state index contributed by atoms with van der Waals surface area (Å²) in [4.78, 5) is 0. The largest absolute Gasteiger partial charge is 0.489 e. The summed E-state index contributed by atoms with van der Waals surface area (Å²) in [6, 6.07) is 12.6. The standard InChI is InChI=1S/C16H17BrFNO/c1-11(19-2)15-7-6-13(17)9-16(15)20-10-12-4-3-5-14(18)8-12/h3-9,11,19H,10H2,1-2H3. The van der Waals surface area contributed by atoms with Crippen molar-refractivity contribution < 1.29 is 9.13 Å². The van der Waals surface area contributed by atoms with Gasteiger partial charge in [-0.05, 0) is 43.8 Å². The van der Waals surface area contributed by atoms with E-state index in [2.05, 4.69) is 28.2 Å². The molecule has 2 aromatic rings. The Bertz CT molecular complexity index is 588. The molecule has 0 aliphatic rings. The van der Waals surface area contributed by atoms with Gasteiger partial charge in [0.15, 0.2) is 0 Å². The molecule has 0 spiro atoms. The zero-order valence-electron chi connectivity index (χ0n) is 11.5. The summed E-state index contributed by atoms with van der Waals surface area (Å²) in [6.07, 6.45) is 0. The van der Waals surface area contributed by atoms with E-state index in [4.69, 9.17) is 4.74 Å². The van der Waals surface area contributed by atoms with Crippen molar-refractivity contribution in [3.63, 3.8) is 0 Å². The van der Waals surface area contributed by atoms with Crippen molar-refractivity contribution in [1.82, 2.24) is 5.32 Å². The van der Waals surface area contributed by atoms with Gasteiger partial charge in [-0.2, -0.15) is 0 Å². The van der Waals surface area contributed by atoms with Crippen molar-refractivity contribution in [3.05, 3.63) is 63.9 Å². The molecule has 106 valence electrons. The minimum atomic E-state index is -0.246. The third-order valence-electron chi connectivity index (χ3n) is 3.16. The first-order valence-electron chi connectivity index (χ1n) is 6.44. The number of ether oxygens (including phenoxy) is 1. The van der Waals surface area contributed by atoms with Gasteiger partial charge in [0.25, 0.3) is 0 Å². The molecule has 0 saturated heterocycles. The molecule has 0 aliphatic carbocycles. The first kappa shape index (κ1) is 15.0. The van der Waals surface area contributed by atoms with Crippen LogP contribution in [-0.4, -0.2) is 7.05 Å². The molecule has 0 amide bonds. The quantitative estimate of drug-likeness (QED) is 0.870. The fraction of sp³-hybridized carbons (Fsp3) is 0.250. The Morgan fingerprint density at radius 3 is 2.75 bits per heavy atom. The van der Waals surface area contributed by atoms with Gasteiger partial charge in [-0.15, -0.1) is 0 Å². The van der Waals surface area contributed by atoms with Gasteiger partial charge in [-0.3, -0.25) is 0 Å². The number of nitrogens with one attached hydrogen (secondary N) is 1. The molecule has 2 rings (SSSR count). The molecule has 0 bridgehead atoms. The van der Waals surface area contributed by atoms with Crippen LogP contribution in [0.5, 0.6) is 5.75 Å². The molecule has 4 heteroatoms. The normalized spacial score (nSPS) is 12.2. The highest BCUT2D eigenvalue weighted by Gasteiger charge is 2.11. The molecule has 1 atom stereocenters. The molecule has 0 saturated carbocycles. The van der Waals surface area contributed by atoms with Crippen LogP contribution < -0.4 is 10.1 Å². The summed E-state index contributed by atoms with van der Waals surface area (Å²) in [5, 5.41) is 3.19. The fourth-order valence-corrected chi connectivity index (χ4v) is 2.27. The smallest absolute Gasteiger partial charge is 0.125 e. The van der Waals surface area contributed by atoms with Crippen LogP contribution in [0.25, 0.3) is 0 Å². The van der Waals surface area contributed by atoms with Gasteiger partial charge in [0, 0.05) is 16.1 Å². The minimum Gasteiger partial charge on any atom is -0.489 e. The van der Waals surface area contributed by atoms with E-state index in [1.54, 1.807) is 6.07 Å². The molecule has 1 unspecified atom stereocenters. The molecule has 20 heavy (non-hydrogen) atoms. The lowest BCUT2D eigenvalue weighted by Gasteiger charge is -2.17. The Morgan fingerprint density at radius 2 is 2.05 bits per heavy atom. The van der Waals surface area contributed by atoms with Crippen LogP contribution >= 0.6 is 15.9 Å². The Kier molecular flexibility index (Phi) is 5.15. The summed E-state index contributed by atoms with van der Waals surface area (Å²) >= 11 is 3.44. The predicted molar refractivity (Wildman–Crippen MR) is 82.3 cm³/mol. The van der Waals surface area contributed by atoms with Gasteiger partial charge < -0.3 is 10.1 Å². The SMILES string of the molecule is CNC(C)c1ccc(Br)cc1OCc1cccc(F)c1.